The average molecular weight is 263 g/mol. The number of carbonyl (C=O) groups excluding carboxylic acids is 1. The maximum absolute atomic E-state index is 11.0. The van der Waals surface area contributed by atoms with E-state index < -0.39 is 0 Å². The number of ether oxygens (including phenoxy) is 1. The molecule has 0 fully saturated rings. The summed E-state index contributed by atoms with van der Waals surface area (Å²) in [5, 5.41) is 0. The van der Waals surface area contributed by atoms with Crippen molar-refractivity contribution in [2.45, 2.75) is 50.5 Å². The van der Waals surface area contributed by atoms with E-state index >= 15 is 0 Å². The van der Waals surface area contributed by atoms with Crippen molar-refractivity contribution in [3.8, 4) is 0 Å². The first-order valence-corrected chi connectivity index (χ1v) is 7.15. The summed E-state index contributed by atoms with van der Waals surface area (Å²) in [7, 11) is 0. The quantitative estimate of drug-likeness (QED) is 0.560. The van der Waals surface area contributed by atoms with E-state index in [0.717, 1.165) is 30.6 Å². The predicted octanol–water partition coefficient (Wildman–Crippen LogP) is 3.74. The highest BCUT2D eigenvalue weighted by Crippen LogP contribution is 2.34. The third-order valence-corrected chi connectivity index (χ3v) is 4.08. The first-order chi connectivity index (χ1) is 7.44. The second kappa shape index (κ2) is 5.97. The second-order valence-electron chi connectivity index (χ2n) is 4.40. The van der Waals surface area contributed by atoms with Crippen molar-refractivity contribution in [2.24, 2.45) is 0 Å². The van der Waals surface area contributed by atoms with Gasteiger partial charge in [0.05, 0.1) is 0 Å². The van der Waals surface area contributed by atoms with Crippen molar-refractivity contribution in [2.75, 3.05) is 6.26 Å². The van der Waals surface area contributed by atoms with Crippen molar-refractivity contribution in [1.82, 2.24) is 0 Å². The maximum atomic E-state index is 11.0. The summed E-state index contributed by atoms with van der Waals surface area (Å²) in [6, 6.07) is 0. The minimum absolute atomic E-state index is 0.106. The van der Waals surface area contributed by atoms with Gasteiger partial charge in [0.2, 0.25) is 0 Å². The van der Waals surface area contributed by atoms with E-state index in [-0.39, 0.29) is 16.9 Å². The predicted molar refractivity (Wildman–Crippen MR) is 69.9 cm³/mol. The molecule has 2 nitrogen and oxygen atoms in total. The van der Waals surface area contributed by atoms with Gasteiger partial charge in [0.1, 0.15) is 6.10 Å². The zero-order chi connectivity index (χ0) is 12.2. The van der Waals surface area contributed by atoms with Crippen LogP contribution in [0.25, 0.3) is 0 Å². The Balaban J connectivity index is 2.76. The van der Waals surface area contributed by atoms with Crippen molar-refractivity contribution < 1.29 is 9.53 Å². The molecule has 1 rings (SSSR count). The lowest BCUT2D eigenvalue weighted by atomic mass is 9.94. The van der Waals surface area contributed by atoms with E-state index in [1.165, 1.54) is 6.92 Å². The van der Waals surface area contributed by atoms with Gasteiger partial charge in [0, 0.05) is 16.7 Å². The standard InChI is InChI=1S/C12H19ClO2S/c1-9(14)15-10-6-8-12(2,13)7-4-5-11(10)16-3/h5,10H,4,6-8H2,1-3H3/b11-5+/t10-,12-/m1/s1. The maximum Gasteiger partial charge on any atom is 0.303 e. The van der Waals surface area contributed by atoms with Crippen molar-refractivity contribution in [3.05, 3.63) is 11.0 Å². The van der Waals surface area contributed by atoms with Crippen LogP contribution in [0.4, 0.5) is 0 Å². The molecule has 0 amide bonds. The molecule has 0 saturated heterocycles. The minimum Gasteiger partial charge on any atom is -0.457 e. The Labute approximate surface area is 107 Å². The summed E-state index contributed by atoms with van der Waals surface area (Å²) in [6.45, 7) is 3.51. The molecule has 0 aliphatic heterocycles. The summed E-state index contributed by atoms with van der Waals surface area (Å²) < 4.78 is 5.34. The summed E-state index contributed by atoms with van der Waals surface area (Å²) in [4.78, 5) is 12.0. The lowest BCUT2D eigenvalue weighted by Crippen LogP contribution is -2.25. The Morgan fingerprint density at radius 2 is 2.31 bits per heavy atom. The number of halogens is 1. The number of alkyl halides is 1. The summed E-state index contributed by atoms with van der Waals surface area (Å²) >= 11 is 8.02. The lowest BCUT2D eigenvalue weighted by Gasteiger charge is -2.28. The van der Waals surface area contributed by atoms with Gasteiger partial charge in [0.25, 0.3) is 0 Å². The molecule has 0 bridgehead atoms. The molecule has 2 atom stereocenters. The Morgan fingerprint density at radius 3 is 2.88 bits per heavy atom. The Kier molecular flexibility index (Phi) is 5.19. The van der Waals surface area contributed by atoms with Gasteiger partial charge in [-0.2, -0.15) is 0 Å². The van der Waals surface area contributed by atoms with Gasteiger partial charge in [-0.15, -0.1) is 23.4 Å². The van der Waals surface area contributed by atoms with Crippen LogP contribution in [-0.2, 0) is 9.53 Å². The average Bonchev–Trinajstić information content (AvgIpc) is 2.17. The van der Waals surface area contributed by atoms with Gasteiger partial charge in [-0.25, -0.2) is 0 Å². The smallest absolute Gasteiger partial charge is 0.303 e. The van der Waals surface area contributed by atoms with E-state index in [1.54, 1.807) is 11.8 Å². The normalized spacial score (nSPS) is 34.5. The van der Waals surface area contributed by atoms with Crippen LogP contribution in [0.1, 0.15) is 39.5 Å². The Bertz CT molecular complexity index is 287. The molecule has 0 N–H and O–H groups in total. The van der Waals surface area contributed by atoms with E-state index in [1.807, 2.05) is 6.26 Å². The molecule has 0 saturated carbocycles. The van der Waals surface area contributed by atoms with Crippen molar-refractivity contribution in [1.29, 1.82) is 0 Å². The van der Waals surface area contributed by atoms with Crippen LogP contribution >= 0.6 is 23.4 Å². The van der Waals surface area contributed by atoms with Crippen LogP contribution in [0.3, 0.4) is 0 Å². The molecule has 0 aromatic rings. The molecule has 0 heterocycles. The van der Waals surface area contributed by atoms with Gasteiger partial charge in [-0.1, -0.05) is 6.08 Å². The summed E-state index contributed by atoms with van der Waals surface area (Å²) in [5.41, 5.74) is 0. The fourth-order valence-corrected chi connectivity index (χ4v) is 2.81. The van der Waals surface area contributed by atoms with E-state index in [9.17, 15) is 4.79 Å². The summed E-state index contributed by atoms with van der Waals surface area (Å²) in [6.07, 6.45) is 7.68. The Hall–Kier alpha value is -0.150. The molecule has 1 aliphatic carbocycles. The second-order valence-corrected chi connectivity index (χ2v) is 6.19. The fraction of sp³-hybridized carbons (Fsp3) is 0.750. The largest absolute Gasteiger partial charge is 0.457 e. The highest BCUT2D eigenvalue weighted by atomic mass is 35.5. The molecule has 0 aromatic carbocycles. The minimum atomic E-state index is -0.221. The lowest BCUT2D eigenvalue weighted by molar-refractivity contribution is -0.144. The highest BCUT2D eigenvalue weighted by Gasteiger charge is 2.27. The number of hydrogen-bond donors (Lipinski definition) is 0. The molecule has 0 unspecified atom stereocenters. The molecule has 4 heteroatoms. The number of allylic oxidation sites excluding steroid dienone is 1. The van der Waals surface area contributed by atoms with Gasteiger partial charge >= 0.3 is 5.97 Å². The number of hydrogen-bond acceptors (Lipinski definition) is 3. The van der Waals surface area contributed by atoms with E-state index in [4.69, 9.17) is 16.3 Å². The van der Waals surface area contributed by atoms with Crippen LogP contribution < -0.4 is 0 Å². The molecule has 0 radical (unpaired) electrons. The zero-order valence-corrected chi connectivity index (χ0v) is 11.7. The van der Waals surface area contributed by atoms with Gasteiger partial charge < -0.3 is 4.74 Å². The first kappa shape index (κ1) is 13.9. The number of thioether (sulfide) groups is 1. The SMILES string of the molecule is CS/C1=C/CC[C@@](C)(Cl)CC[C@H]1OC(C)=O. The first-order valence-electron chi connectivity index (χ1n) is 5.55. The van der Waals surface area contributed by atoms with Gasteiger partial charge in [-0.3, -0.25) is 4.79 Å². The van der Waals surface area contributed by atoms with Crippen molar-refractivity contribution in [3.63, 3.8) is 0 Å². The molecular formula is C12H19ClO2S. The molecule has 16 heavy (non-hydrogen) atoms. The van der Waals surface area contributed by atoms with E-state index in [2.05, 4.69) is 13.0 Å². The third-order valence-electron chi connectivity index (χ3n) is 2.80. The van der Waals surface area contributed by atoms with Crippen LogP contribution in [0.5, 0.6) is 0 Å². The van der Waals surface area contributed by atoms with Crippen molar-refractivity contribution >= 4 is 29.3 Å². The molecule has 0 aromatic heterocycles. The third kappa shape index (κ3) is 4.38. The van der Waals surface area contributed by atoms with Crippen LogP contribution in [-0.4, -0.2) is 23.2 Å². The number of esters is 1. The molecule has 1 aliphatic rings. The number of rotatable bonds is 2. The molecule has 0 spiro atoms. The van der Waals surface area contributed by atoms with Gasteiger partial charge in [0.15, 0.2) is 0 Å². The molecular weight excluding hydrogens is 244 g/mol. The summed E-state index contributed by atoms with van der Waals surface area (Å²) in [5.74, 6) is -0.221. The monoisotopic (exact) mass is 262 g/mol. The van der Waals surface area contributed by atoms with Crippen LogP contribution in [0.15, 0.2) is 11.0 Å². The Morgan fingerprint density at radius 1 is 1.62 bits per heavy atom. The van der Waals surface area contributed by atoms with E-state index in [0.29, 0.717) is 0 Å². The van der Waals surface area contributed by atoms with Gasteiger partial charge in [-0.05, 0) is 38.9 Å². The molecule has 92 valence electrons. The highest BCUT2D eigenvalue weighted by molar-refractivity contribution is 8.02. The topological polar surface area (TPSA) is 26.3 Å². The zero-order valence-electron chi connectivity index (χ0n) is 10.1. The van der Waals surface area contributed by atoms with Crippen LogP contribution in [0, 0.1) is 0 Å². The number of carbonyl (C=O) groups is 1. The van der Waals surface area contributed by atoms with Crippen LogP contribution in [0.2, 0.25) is 0 Å². The fourth-order valence-electron chi connectivity index (χ4n) is 1.88.